The van der Waals surface area contributed by atoms with Crippen LogP contribution >= 0.6 is 0 Å². The Hall–Kier alpha value is -1.02. The Morgan fingerprint density at radius 3 is 2.72 bits per heavy atom. The minimum absolute atomic E-state index is 0.103. The van der Waals surface area contributed by atoms with E-state index in [1.807, 2.05) is 0 Å². The average molecular weight is 246 g/mol. The van der Waals surface area contributed by atoms with Crippen LogP contribution in [0.25, 0.3) is 0 Å². The number of hydrogen-bond donors (Lipinski definition) is 1. The summed E-state index contributed by atoms with van der Waals surface area (Å²) in [4.78, 5) is 0. The van der Waals surface area contributed by atoms with E-state index in [0.717, 1.165) is 36.8 Å². The highest BCUT2D eigenvalue weighted by molar-refractivity contribution is 5.35. The van der Waals surface area contributed by atoms with E-state index in [9.17, 15) is 5.11 Å². The second-order valence-electron chi connectivity index (χ2n) is 6.50. The smallest absolute Gasteiger partial charge is 0.115 e. The molecule has 0 unspecified atom stereocenters. The van der Waals surface area contributed by atoms with Gasteiger partial charge in [0.1, 0.15) is 11.9 Å². The molecule has 3 fully saturated rings. The lowest BCUT2D eigenvalue weighted by atomic mass is 9.53. The number of allylic oxidation sites excluding steroid dienone is 1. The molecule has 0 aromatic carbocycles. The predicted molar refractivity (Wildman–Crippen MR) is 71.9 cm³/mol. The van der Waals surface area contributed by atoms with Gasteiger partial charge in [0.25, 0.3) is 0 Å². The predicted octanol–water partition coefficient (Wildman–Crippen LogP) is 3.34. The Balaban J connectivity index is 2.00. The van der Waals surface area contributed by atoms with Gasteiger partial charge in [-0.05, 0) is 43.3 Å². The first kappa shape index (κ1) is 12.0. The zero-order chi connectivity index (χ0) is 13.1. The van der Waals surface area contributed by atoms with Crippen LogP contribution in [0.1, 0.15) is 39.0 Å². The first-order valence-electron chi connectivity index (χ1n) is 6.83. The SMILES string of the molecule is C=C1O[C@@H]2C[C@@]3(C)CCCC(=C)[C@@]3(O)C[C@@H]2C1=C. The fourth-order valence-corrected chi connectivity index (χ4v) is 4.17. The summed E-state index contributed by atoms with van der Waals surface area (Å²) in [5.74, 6) is 0.923. The van der Waals surface area contributed by atoms with Gasteiger partial charge in [-0.2, -0.15) is 0 Å². The van der Waals surface area contributed by atoms with Gasteiger partial charge in [-0.25, -0.2) is 0 Å². The molecular weight excluding hydrogens is 224 g/mol. The zero-order valence-corrected chi connectivity index (χ0v) is 11.2. The van der Waals surface area contributed by atoms with Gasteiger partial charge >= 0.3 is 0 Å². The largest absolute Gasteiger partial charge is 0.490 e. The number of rotatable bonds is 0. The summed E-state index contributed by atoms with van der Waals surface area (Å²) in [7, 11) is 0. The fraction of sp³-hybridized carbons (Fsp3) is 0.625. The van der Waals surface area contributed by atoms with Crippen LogP contribution in [-0.4, -0.2) is 16.8 Å². The topological polar surface area (TPSA) is 29.5 Å². The Kier molecular flexibility index (Phi) is 2.34. The van der Waals surface area contributed by atoms with Crippen molar-refractivity contribution in [3.8, 4) is 0 Å². The van der Waals surface area contributed by atoms with Crippen LogP contribution in [0.4, 0.5) is 0 Å². The molecule has 0 aromatic rings. The van der Waals surface area contributed by atoms with Gasteiger partial charge in [-0.15, -0.1) is 0 Å². The first-order chi connectivity index (χ1) is 8.37. The van der Waals surface area contributed by atoms with Crippen molar-refractivity contribution in [2.24, 2.45) is 11.3 Å². The molecule has 1 aliphatic heterocycles. The standard InChI is InChI=1S/C16H22O2/c1-10-6-5-7-15(4)9-14-13(8-16(10,15)17)11(2)12(3)18-14/h13-14,17H,1-3,5-9H2,4H3/t13-,14-,15-,16+/m1/s1. The summed E-state index contributed by atoms with van der Waals surface area (Å²) < 4.78 is 5.84. The lowest BCUT2D eigenvalue weighted by Crippen LogP contribution is -2.57. The summed E-state index contributed by atoms with van der Waals surface area (Å²) in [6.45, 7) is 14.3. The summed E-state index contributed by atoms with van der Waals surface area (Å²) in [5.41, 5.74) is 1.12. The third kappa shape index (κ3) is 1.33. The Morgan fingerprint density at radius 2 is 2.00 bits per heavy atom. The van der Waals surface area contributed by atoms with E-state index in [2.05, 4.69) is 26.7 Å². The molecular formula is C16H22O2. The minimum Gasteiger partial charge on any atom is -0.490 e. The van der Waals surface area contributed by atoms with Crippen molar-refractivity contribution >= 4 is 0 Å². The van der Waals surface area contributed by atoms with Crippen LogP contribution in [0.3, 0.4) is 0 Å². The van der Waals surface area contributed by atoms with Gasteiger partial charge in [0.05, 0.1) is 5.60 Å². The molecule has 1 heterocycles. The number of hydrogen-bond acceptors (Lipinski definition) is 2. The molecule has 0 spiro atoms. The van der Waals surface area contributed by atoms with Gasteiger partial charge in [0.2, 0.25) is 0 Å². The van der Waals surface area contributed by atoms with E-state index in [0.29, 0.717) is 12.2 Å². The van der Waals surface area contributed by atoms with Crippen molar-refractivity contribution in [2.75, 3.05) is 0 Å². The second-order valence-corrected chi connectivity index (χ2v) is 6.50. The molecule has 3 rings (SSSR count). The van der Waals surface area contributed by atoms with E-state index in [-0.39, 0.29) is 17.4 Å². The molecule has 2 saturated carbocycles. The summed E-state index contributed by atoms with van der Waals surface area (Å²) in [5, 5.41) is 11.1. The highest BCUT2D eigenvalue weighted by atomic mass is 16.5. The van der Waals surface area contributed by atoms with Crippen molar-refractivity contribution in [3.05, 3.63) is 36.6 Å². The molecule has 4 atom stereocenters. The maximum atomic E-state index is 11.1. The summed E-state index contributed by atoms with van der Waals surface area (Å²) in [6.07, 6.45) is 4.85. The normalized spacial score (nSPS) is 47.6. The van der Waals surface area contributed by atoms with Gasteiger partial charge in [-0.1, -0.05) is 26.7 Å². The maximum Gasteiger partial charge on any atom is 0.115 e. The molecule has 2 aliphatic carbocycles. The van der Waals surface area contributed by atoms with Crippen LogP contribution in [0, 0.1) is 11.3 Å². The molecule has 2 nitrogen and oxygen atoms in total. The highest BCUT2D eigenvalue weighted by Gasteiger charge is 2.59. The quantitative estimate of drug-likeness (QED) is 0.664. The molecule has 2 heteroatoms. The number of aliphatic hydroxyl groups is 1. The van der Waals surface area contributed by atoms with Gasteiger partial charge in [0.15, 0.2) is 0 Å². The molecule has 0 amide bonds. The summed E-state index contributed by atoms with van der Waals surface area (Å²) in [6, 6.07) is 0. The monoisotopic (exact) mass is 246 g/mol. The average Bonchev–Trinajstić information content (AvgIpc) is 2.55. The molecule has 1 N–H and O–H groups in total. The van der Waals surface area contributed by atoms with E-state index in [1.165, 1.54) is 0 Å². The van der Waals surface area contributed by atoms with Gasteiger partial charge < -0.3 is 9.84 Å². The van der Waals surface area contributed by atoms with Crippen molar-refractivity contribution < 1.29 is 9.84 Å². The van der Waals surface area contributed by atoms with Crippen LogP contribution in [0.2, 0.25) is 0 Å². The fourth-order valence-electron chi connectivity index (χ4n) is 4.17. The number of ether oxygens (including phenoxy) is 1. The van der Waals surface area contributed by atoms with E-state index in [1.54, 1.807) is 0 Å². The van der Waals surface area contributed by atoms with Crippen LogP contribution in [0.5, 0.6) is 0 Å². The zero-order valence-electron chi connectivity index (χ0n) is 11.2. The molecule has 3 aliphatic rings. The lowest BCUT2D eigenvalue weighted by Gasteiger charge is -2.55. The first-order valence-corrected chi connectivity index (χ1v) is 6.83. The van der Waals surface area contributed by atoms with Crippen LogP contribution < -0.4 is 0 Å². The van der Waals surface area contributed by atoms with E-state index >= 15 is 0 Å². The van der Waals surface area contributed by atoms with Gasteiger partial charge in [0, 0.05) is 11.3 Å². The van der Waals surface area contributed by atoms with Crippen molar-refractivity contribution in [1.29, 1.82) is 0 Å². The summed E-state index contributed by atoms with van der Waals surface area (Å²) >= 11 is 0. The van der Waals surface area contributed by atoms with Crippen molar-refractivity contribution in [2.45, 2.75) is 50.7 Å². The second kappa shape index (κ2) is 3.51. The number of fused-ring (bicyclic) bond motifs is 2. The Labute approximate surface area is 109 Å². The van der Waals surface area contributed by atoms with E-state index in [4.69, 9.17) is 4.74 Å². The van der Waals surface area contributed by atoms with Crippen LogP contribution in [0.15, 0.2) is 36.6 Å². The molecule has 0 radical (unpaired) electrons. The Morgan fingerprint density at radius 1 is 1.28 bits per heavy atom. The van der Waals surface area contributed by atoms with Crippen LogP contribution in [-0.2, 0) is 4.74 Å². The molecule has 1 saturated heterocycles. The molecule has 18 heavy (non-hydrogen) atoms. The van der Waals surface area contributed by atoms with Gasteiger partial charge in [-0.3, -0.25) is 0 Å². The third-order valence-corrected chi connectivity index (χ3v) is 5.51. The van der Waals surface area contributed by atoms with Crippen molar-refractivity contribution in [1.82, 2.24) is 0 Å². The Bertz CT molecular complexity index is 450. The van der Waals surface area contributed by atoms with Crippen molar-refractivity contribution in [3.63, 3.8) is 0 Å². The maximum absolute atomic E-state index is 11.1. The third-order valence-electron chi connectivity index (χ3n) is 5.51. The van der Waals surface area contributed by atoms with E-state index < -0.39 is 5.60 Å². The minimum atomic E-state index is -0.747. The lowest BCUT2D eigenvalue weighted by molar-refractivity contribution is -0.133. The molecule has 0 aromatic heterocycles. The molecule has 0 bridgehead atoms. The highest BCUT2D eigenvalue weighted by Crippen LogP contribution is 2.59. The molecule has 98 valence electrons.